The molecule has 0 saturated heterocycles. The largest absolute Gasteiger partial charge is 0.481 e. The summed E-state index contributed by atoms with van der Waals surface area (Å²) in [5, 5.41) is 61.4. The molecule has 0 aliphatic heterocycles. The lowest BCUT2D eigenvalue weighted by atomic mass is 10.1. The Bertz CT molecular complexity index is 1120. The van der Waals surface area contributed by atoms with Gasteiger partial charge in [0, 0.05) is 12.8 Å². The Hall–Kier alpha value is -5.34. The van der Waals surface area contributed by atoms with Crippen LogP contribution in [-0.2, 0) is 47.9 Å². The molecular weight excluding hydrogens is 590 g/mol. The maximum atomic E-state index is 12.9. The van der Waals surface area contributed by atoms with E-state index in [9.17, 15) is 53.1 Å². The molecule has 0 spiro atoms. The first-order chi connectivity index (χ1) is 19.8. The van der Waals surface area contributed by atoms with Gasteiger partial charge in [-0.2, -0.15) is 0 Å². The summed E-state index contributed by atoms with van der Waals surface area (Å²) in [6.07, 6.45) is -5.75. The van der Waals surface area contributed by atoms with Gasteiger partial charge >= 0.3 is 35.8 Å². The van der Waals surface area contributed by atoms with Crippen molar-refractivity contribution in [3.05, 3.63) is 0 Å². The van der Waals surface area contributed by atoms with Crippen molar-refractivity contribution < 1.29 is 78.6 Å². The van der Waals surface area contributed by atoms with E-state index in [0.29, 0.717) is 0 Å². The molecule has 0 rings (SSSR count). The van der Waals surface area contributed by atoms with Crippen molar-refractivity contribution in [2.45, 2.75) is 75.2 Å². The molecule has 0 aromatic carbocycles. The first kappa shape index (κ1) is 37.7. The first-order valence-corrected chi connectivity index (χ1v) is 12.1. The molecule has 0 aliphatic rings. The lowest BCUT2D eigenvalue weighted by Crippen LogP contribution is -2.59. The lowest BCUT2D eigenvalue weighted by molar-refractivity contribution is -0.148. The molecule has 5 atom stereocenters. The van der Waals surface area contributed by atoms with Gasteiger partial charge in [0.05, 0.1) is 25.3 Å². The van der Waals surface area contributed by atoms with Gasteiger partial charge in [0.2, 0.25) is 23.6 Å². The molecular formula is C22H31N5O16. The second-order valence-electron chi connectivity index (χ2n) is 8.85. The molecule has 0 radical (unpaired) electrons. The van der Waals surface area contributed by atoms with Gasteiger partial charge in [0.25, 0.3) is 0 Å². The molecule has 0 fully saturated rings. The summed E-state index contributed by atoms with van der Waals surface area (Å²) < 4.78 is 0. The van der Waals surface area contributed by atoms with Crippen molar-refractivity contribution in [2.24, 2.45) is 5.73 Å². The number of amides is 4. The zero-order chi connectivity index (χ0) is 33.4. The second kappa shape index (κ2) is 18.2. The molecule has 0 saturated carbocycles. The predicted molar refractivity (Wildman–Crippen MR) is 134 cm³/mol. The molecule has 21 heteroatoms. The zero-order valence-electron chi connectivity index (χ0n) is 22.2. The molecule has 43 heavy (non-hydrogen) atoms. The first-order valence-electron chi connectivity index (χ1n) is 12.1. The third kappa shape index (κ3) is 15.9. The fourth-order valence-corrected chi connectivity index (χ4v) is 3.18. The molecule has 21 nitrogen and oxygen atoms in total. The average Bonchev–Trinajstić information content (AvgIpc) is 2.86. The number of hydrogen-bond donors (Lipinski definition) is 11. The van der Waals surface area contributed by atoms with E-state index < -0.39 is 128 Å². The minimum atomic E-state index is -2.09. The Balaban J connectivity index is 5.95. The van der Waals surface area contributed by atoms with Gasteiger partial charge in [0.15, 0.2) is 0 Å². The van der Waals surface area contributed by atoms with E-state index in [1.54, 1.807) is 5.32 Å². The molecule has 12 N–H and O–H groups in total. The number of hydrogen-bond acceptors (Lipinski definition) is 11. The van der Waals surface area contributed by atoms with Crippen LogP contribution in [0.5, 0.6) is 0 Å². The monoisotopic (exact) mass is 621 g/mol. The number of carbonyl (C=O) groups is 10. The van der Waals surface area contributed by atoms with Crippen LogP contribution in [0, 0.1) is 0 Å². The van der Waals surface area contributed by atoms with E-state index in [4.69, 9.17) is 31.3 Å². The summed E-state index contributed by atoms with van der Waals surface area (Å²) in [5.41, 5.74) is 5.57. The Labute approximate surface area is 240 Å². The number of carboxylic acid groups (broad SMARTS) is 6. The predicted octanol–water partition coefficient (Wildman–Crippen LogP) is -4.51. The fourth-order valence-electron chi connectivity index (χ4n) is 3.18. The van der Waals surface area contributed by atoms with Crippen LogP contribution in [-0.4, -0.2) is 120 Å². The van der Waals surface area contributed by atoms with Crippen molar-refractivity contribution in [2.75, 3.05) is 0 Å². The molecule has 0 aromatic heterocycles. The molecule has 0 aromatic rings. The number of carbonyl (C=O) groups excluding carboxylic acids is 4. The maximum absolute atomic E-state index is 12.9. The van der Waals surface area contributed by atoms with Crippen LogP contribution in [0.1, 0.15) is 44.9 Å². The molecule has 0 unspecified atom stereocenters. The normalized spacial score (nSPS) is 14.0. The third-order valence-corrected chi connectivity index (χ3v) is 5.30. The standard InChI is InChI=1S/C22H31N5O16/c23-8(1-3-13(28)29)18(38)24-9(2-4-14(30)31)19(39)25-10(5-15(32)33)20(40)26-11(6-16(34)35)21(41)27-12(22(42)43)7-17(36)37/h8-12H,1-7,23H2,(H,24,38)(H,25,39)(H,26,40)(H,27,41)(H,28,29)(H,30,31)(H,32,33)(H,34,35)(H,36,37)(H,42,43)/t8-,9-,10-,11-,12-/m0/s1. The highest BCUT2D eigenvalue weighted by molar-refractivity contribution is 5.98. The summed E-state index contributed by atoms with van der Waals surface area (Å²) in [7, 11) is 0. The highest BCUT2D eigenvalue weighted by Crippen LogP contribution is 2.05. The highest BCUT2D eigenvalue weighted by Gasteiger charge is 2.34. The number of rotatable bonds is 21. The van der Waals surface area contributed by atoms with Crippen LogP contribution < -0.4 is 27.0 Å². The topological polar surface area (TPSA) is 366 Å². The number of aliphatic carboxylic acids is 6. The van der Waals surface area contributed by atoms with Gasteiger partial charge < -0.3 is 57.6 Å². The maximum Gasteiger partial charge on any atom is 0.326 e. The van der Waals surface area contributed by atoms with E-state index >= 15 is 0 Å². The molecule has 4 amide bonds. The van der Waals surface area contributed by atoms with E-state index in [1.165, 1.54) is 0 Å². The summed E-state index contributed by atoms with van der Waals surface area (Å²) in [6.45, 7) is 0. The van der Waals surface area contributed by atoms with Crippen molar-refractivity contribution in [3.63, 3.8) is 0 Å². The Kier molecular flexibility index (Phi) is 15.9. The second-order valence-corrected chi connectivity index (χ2v) is 8.85. The van der Waals surface area contributed by atoms with E-state index in [0.717, 1.165) is 0 Å². The Morgan fingerprint density at radius 2 is 0.767 bits per heavy atom. The van der Waals surface area contributed by atoms with E-state index in [-0.39, 0.29) is 6.42 Å². The third-order valence-electron chi connectivity index (χ3n) is 5.30. The lowest BCUT2D eigenvalue weighted by Gasteiger charge is -2.25. The van der Waals surface area contributed by atoms with Gasteiger partial charge in [-0.3, -0.25) is 43.2 Å². The van der Waals surface area contributed by atoms with Crippen molar-refractivity contribution in [1.82, 2.24) is 21.3 Å². The van der Waals surface area contributed by atoms with Crippen LogP contribution in [0.15, 0.2) is 0 Å². The number of nitrogens with one attached hydrogen (secondary N) is 4. The van der Waals surface area contributed by atoms with Crippen LogP contribution in [0.2, 0.25) is 0 Å². The van der Waals surface area contributed by atoms with Crippen LogP contribution in [0.25, 0.3) is 0 Å². The minimum absolute atomic E-state index is 0.374. The van der Waals surface area contributed by atoms with Crippen molar-refractivity contribution in [1.29, 1.82) is 0 Å². The van der Waals surface area contributed by atoms with E-state index in [2.05, 4.69) is 5.32 Å². The van der Waals surface area contributed by atoms with Crippen molar-refractivity contribution in [3.8, 4) is 0 Å². The Morgan fingerprint density at radius 3 is 1.14 bits per heavy atom. The smallest absolute Gasteiger partial charge is 0.326 e. The summed E-state index contributed by atoms with van der Waals surface area (Å²) >= 11 is 0. The summed E-state index contributed by atoms with van der Waals surface area (Å²) in [5.74, 6) is -14.9. The molecule has 0 bridgehead atoms. The van der Waals surface area contributed by atoms with Gasteiger partial charge in [-0.1, -0.05) is 0 Å². The SMILES string of the molecule is N[C@@H](CCC(=O)O)C(=O)N[C@@H](CCC(=O)O)C(=O)N[C@@H](CC(=O)O)C(=O)N[C@@H](CC(=O)O)C(=O)N[C@@H](CC(=O)O)C(=O)O. The fraction of sp³-hybridized carbons (Fsp3) is 0.545. The zero-order valence-corrected chi connectivity index (χ0v) is 22.2. The van der Waals surface area contributed by atoms with Crippen molar-refractivity contribution >= 4 is 59.4 Å². The van der Waals surface area contributed by atoms with Crippen LogP contribution in [0.4, 0.5) is 0 Å². The number of nitrogens with two attached hydrogens (primary N) is 1. The van der Waals surface area contributed by atoms with Gasteiger partial charge in [-0.25, -0.2) is 4.79 Å². The molecule has 240 valence electrons. The van der Waals surface area contributed by atoms with Gasteiger partial charge in [0.1, 0.15) is 24.2 Å². The van der Waals surface area contributed by atoms with Crippen LogP contribution >= 0.6 is 0 Å². The van der Waals surface area contributed by atoms with E-state index in [1.807, 2.05) is 10.6 Å². The molecule has 0 heterocycles. The minimum Gasteiger partial charge on any atom is -0.481 e. The summed E-state index contributed by atoms with van der Waals surface area (Å²) in [4.78, 5) is 117. The Morgan fingerprint density at radius 1 is 0.442 bits per heavy atom. The number of carboxylic acids is 6. The van der Waals surface area contributed by atoms with Gasteiger partial charge in [-0.15, -0.1) is 0 Å². The average molecular weight is 622 g/mol. The quantitative estimate of drug-likeness (QED) is 0.0575. The summed E-state index contributed by atoms with van der Waals surface area (Å²) in [6, 6.07) is -9.42. The van der Waals surface area contributed by atoms with Crippen LogP contribution in [0.3, 0.4) is 0 Å². The van der Waals surface area contributed by atoms with Gasteiger partial charge in [-0.05, 0) is 12.8 Å². The molecule has 0 aliphatic carbocycles. The highest BCUT2D eigenvalue weighted by atomic mass is 16.4.